The lowest BCUT2D eigenvalue weighted by molar-refractivity contribution is -0.115. The Hall–Kier alpha value is -2.51. The van der Waals surface area contributed by atoms with Gasteiger partial charge in [0.2, 0.25) is 11.8 Å². The SMILES string of the molecule is O=C(Cc1noc(CC2OCCc3ccsc32)n1)Nc1ccccc1. The number of thiophene rings is 1. The van der Waals surface area contributed by atoms with E-state index in [9.17, 15) is 4.79 Å². The number of carbonyl (C=O) groups excluding carboxylic acids is 1. The van der Waals surface area contributed by atoms with E-state index >= 15 is 0 Å². The van der Waals surface area contributed by atoms with Crippen LogP contribution in [-0.2, 0) is 28.8 Å². The molecule has 4 rings (SSSR count). The number of fused-ring (bicyclic) bond motifs is 1. The van der Waals surface area contributed by atoms with Crippen molar-refractivity contribution < 1.29 is 14.1 Å². The van der Waals surface area contributed by atoms with Gasteiger partial charge in [-0.15, -0.1) is 11.3 Å². The molecule has 6 nitrogen and oxygen atoms in total. The molecule has 0 radical (unpaired) electrons. The monoisotopic (exact) mass is 355 g/mol. The fraction of sp³-hybridized carbons (Fsp3) is 0.278. The van der Waals surface area contributed by atoms with Crippen LogP contribution in [-0.4, -0.2) is 22.7 Å². The number of nitrogens with one attached hydrogen (secondary N) is 1. The summed E-state index contributed by atoms with van der Waals surface area (Å²) in [7, 11) is 0. The molecule has 1 atom stereocenters. The Kier molecular flexibility index (Phi) is 4.58. The second kappa shape index (κ2) is 7.16. The highest BCUT2D eigenvalue weighted by atomic mass is 32.1. The van der Waals surface area contributed by atoms with E-state index in [-0.39, 0.29) is 18.4 Å². The van der Waals surface area contributed by atoms with E-state index in [0.29, 0.717) is 24.7 Å². The second-order valence-corrected chi connectivity index (χ2v) is 6.77. The van der Waals surface area contributed by atoms with Crippen molar-refractivity contribution in [1.29, 1.82) is 0 Å². The molecule has 1 aliphatic heterocycles. The van der Waals surface area contributed by atoms with Crippen molar-refractivity contribution in [3.63, 3.8) is 0 Å². The van der Waals surface area contributed by atoms with Crippen LogP contribution in [0.4, 0.5) is 5.69 Å². The Labute approximate surface area is 148 Å². The lowest BCUT2D eigenvalue weighted by Gasteiger charge is -2.21. The number of carbonyl (C=O) groups is 1. The first-order chi connectivity index (χ1) is 12.3. The summed E-state index contributed by atoms with van der Waals surface area (Å²) in [4.78, 5) is 17.6. The highest BCUT2D eigenvalue weighted by Gasteiger charge is 2.25. The molecule has 0 saturated heterocycles. The first-order valence-electron chi connectivity index (χ1n) is 8.12. The smallest absolute Gasteiger partial charge is 0.232 e. The van der Waals surface area contributed by atoms with E-state index in [0.717, 1.165) is 12.1 Å². The third kappa shape index (κ3) is 3.78. The van der Waals surface area contributed by atoms with E-state index in [2.05, 4.69) is 26.9 Å². The molecule has 0 bridgehead atoms. The summed E-state index contributed by atoms with van der Waals surface area (Å²) in [5.74, 6) is 0.701. The van der Waals surface area contributed by atoms with Crippen molar-refractivity contribution in [1.82, 2.24) is 10.1 Å². The third-order valence-corrected chi connectivity index (χ3v) is 5.06. The zero-order valence-corrected chi connectivity index (χ0v) is 14.3. The van der Waals surface area contributed by atoms with Crippen LogP contribution in [0.25, 0.3) is 0 Å². The minimum absolute atomic E-state index is 0.0461. The highest BCUT2D eigenvalue weighted by molar-refractivity contribution is 7.10. The van der Waals surface area contributed by atoms with Crippen molar-refractivity contribution >= 4 is 22.9 Å². The fourth-order valence-corrected chi connectivity index (χ4v) is 3.85. The van der Waals surface area contributed by atoms with Gasteiger partial charge in [-0.1, -0.05) is 23.4 Å². The summed E-state index contributed by atoms with van der Waals surface area (Å²) < 4.78 is 11.1. The molecule has 1 unspecified atom stereocenters. The Morgan fingerprint density at radius 3 is 3.04 bits per heavy atom. The zero-order chi connectivity index (χ0) is 17.1. The standard InChI is InChI=1S/C18H17N3O3S/c22-16(19-13-4-2-1-3-5-13)11-15-20-17(24-21-15)10-14-18-12(6-8-23-14)7-9-25-18/h1-5,7,9,14H,6,8,10-11H2,(H,19,22). The maximum atomic E-state index is 12.1. The van der Waals surface area contributed by atoms with E-state index in [1.165, 1.54) is 10.4 Å². The van der Waals surface area contributed by atoms with Gasteiger partial charge in [-0.2, -0.15) is 4.98 Å². The van der Waals surface area contributed by atoms with Gasteiger partial charge in [0.25, 0.3) is 0 Å². The molecule has 2 aromatic heterocycles. The summed E-state index contributed by atoms with van der Waals surface area (Å²) in [6, 6.07) is 11.4. The molecule has 0 fully saturated rings. The van der Waals surface area contributed by atoms with E-state index in [1.54, 1.807) is 11.3 Å². The van der Waals surface area contributed by atoms with Gasteiger partial charge < -0.3 is 14.6 Å². The molecule has 1 aromatic carbocycles. The minimum atomic E-state index is -0.173. The maximum absolute atomic E-state index is 12.1. The number of hydrogen-bond donors (Lipinski definition) is 1. The van der Waals surface area contributed by atoms with Crippen molar-refractivity contribution in [2.24, 2.45) is 0 Å². The summed E-state index contributed by atoms with van der Waals surface area (Å²) in [6.45, 7) is 0.703. The first-order valence-corrected chi connectivity index (χ1v) is 9.00. The molecule has 0 spiro atoms. The number of amides is 1. The fourth-order valence-electron chi connectivity index (χ4n) is 2.85. The van der Waals surface area contributed by atoms with E-state index in [1.807, 2.05) is 30.3 Å². The molecule has 3 aromatic rings. The second-order valence-electron chi connectivity index (χ2n) is 5.82. The van der Waals surface area contributed by atoms with E-state index < -0.39 is 0 Å². The number of benzene rings is 1. The van der Waals surface area contributed by atoms with Crippen LogP contribution in [0.3, 0.4) is 0 Å². The van der Waals surface area contributed by atoms with Gasteiger partial charge in [0.1, 0.15) is 6.10 Å². The largest absolute Gasteiger partial charge is 0.372 e. The van der Waals surface area contributed by atoms with Gasteiger partial charge in [-0.05, 0) is 35.6 Å². The molecule has 128 valence electrons. The van der Waals surface area contributed by atoms with Crippen LogP contribution in [0, 0.1) is 0 Å². The van der Waals surface area contributed by atoms with Gasteiger partial charge in [0.15, 0.2) is 5.82 Å². The number of hydrogen-bond acceptors (Lipinski definition) is 6. The van der Waals surface area contributed by atoms with E-state index in [4.69, 9.17) is 9.26 Å². The number of aromatic nitrogens is 2. The molecular weight excluding hydrogens is 338 g/mol. The normalized spacial score (nSPS) is 16.4. The topological polar surface area (TPSA) is 77.2 Å². The Balaban J connectivity index is 1.37. The number of para-hydroxylation sites is 1. The van der Waals surface area contributed by atoms with Crippen LogP contribution in [0.15, 0.2) is 46.3 Å². The van der Waals surface area contributed by atoms with Gasteiger partial charge in [-0.25, -0.2) is 0 Å². The molecule has 3 heterocycles. The van der Waals surface area contributed by atoms with Crippen molar-refractivity contribution in [2.45, 2.75) is 25.4 Å². The summed E-state index contributed by atoms with van der Waals surface area (Å²) in [6.07, 6.45) is 1.51. The van der Waals surface area contributed by atoms with Crippen LogP contribution >= 0.6 is 11.3 Å². The summed E-state index contributed by atoms with van der Waals surface area (Å²) in [5.41, 5.74) is 2.08. The molecular formula is C18H17N3O3S. The first kappa shape index (κ1) is 16.0. The molecule has 1 amide bonds. The predicted octanol–water partition coefficient (Wildman–Crippen LogP) is 3.17. The van der Waals surface area contributed by atoms with Crippen LogP contribution in [0.2, 0.25) is 0 Å². The number of ether oxygens (including phenoxy) is 1. The van der Waals surface area contributed by atoms with Gasteiger partial charge in [0, 0.05) is 10.6 Å². The van der Waals surface area contributed by atoms with Gasteiger partial charge >= 0.3 is 0 Å². The number of rotatable bonds is 5. The molecule has 25 heavy (non-hydrogen) atoms. The summed E-state index contributed by atoms with van der Waals surface area (Å²) >= 11 is 1.69. The zero-order valence-electron chi connectivity index (χ0n) is 13.5. The molecule has 0 saturated carbocycles. The third-order valence-electron chi connectivity index (χ3n) is 4.01. The Bertz CT molecular complexity index is 859. The lowest BCUT2D eigenvalue weighted by atomic mass is 10.1. The van der Waals surface area contributed by atoms with Crippen molar-refractivity contribution in [2.75, 3.05) is 11.9 Å². The average molecular weight is 355 g/mol. The molecule has 1 aliphatic rings. The van der Waals surface area contributed by atoms with Crippen LogP contribution in [0.5, 0.6) is 0 Å². The highest BCUT2D eigenvalue weighted by Crippen LogP contribution is 2.33. The van der Waals surface area contributed by atoms with Crippen LogP contribution < -0.4 is 5.32 Å². The minimum Gasteiger partial charge on any atom is -0.372 e. The Morgan fingerprint density at radius 1 is 1.28 bits per heavy atom. The molecule has 1 N–H and O–H groups in total. The average Bonchev–Trinajstić information content (AvgIpc) is 3.25. The molecule has 0 aliphatic carbocycles. The lowest BCUT2D eigenvalue weighted by Crippen LogP contribution is -2.16. The quantitative estimate of drug-likeness (QED) is 0.761. The van der Waals surface area contributed by atoms with Crippen molar-refractivity contribution in [3.8, 4) is 0 Å². The predicted molar refractivity (Wildman–Crippen MR) is 93.5 cm³/mol. The van der Waals surface area contributed by atoms with Crippen molar-refractivity contribution in [3.05, 3.63) is 63.9 Å². The molecule has 7 heteroatoms. The number of anilines is 1. The Morgan fingerprint density at radius 2 is 2.16 bits per heavy atom. The van der Waals surface area contributed by atoms with Crippen LogP contribution in [0.1, 0.15) is 28.3 Å². The van der Waals surface area contributed by atoms with Gasteiger partial charge in [-0.3, -0.25) is 4.79 Å². The number of nitrogens with zero attached hydrogens (tertiary/aromatic N) is 2. The van der Waals surface area contributed by atoms with Gasteiger partial charge in [0.05, 0.1) is 19.4 Å². The summed E-state index contributed by atoms with van der Waals surface area (Å²) in [5, 5.41) is 8.80. The maximum Gasteiger partial charge on any atom is 0.232 e.